The minimum absolute atomic E-state index is 0.282. The average molecular weight is 391 g/mol. The first kappa shape index (κ1) is 21.2. The Morgan fingerprint density at radius 2 is 1.46 bits per heavy atom. The lowest BCUT2D eigenvalue weighted by atomic mass is 10.1. The first-order chi connectivity index (χ1) is 13.6. The smallest absolute Gasteiger partial charge is 0.259 e. The summed E-state index contributed by atoms with van der Waals surface area (Å²) < 4.78 is 31.9. The summed E-state index contributed by atoms with van der Waals surface area (Å²) in [6.45, 7) is 0.788. The molecule has 0 spiro atoms. The van der Waals surface area contributed by atoms with E-state index in [4.69, 9.17) is 28.4 Å². The zero-order valence-corrected chi connectivity index (χ0v) is 16.7. The number of benzene rings is 2. The summed E-state index contributed by atoms with van der Waals surface area (Å²) in [7, 11) is 7.59. The van der Waals surface area contributed by atoms with E-state index in [1.807, 2.05) is 0 Å². The number of hydrogen-bond donors (Lipinski definition) is 1. The summed E-state index contributed by atoms with van der Waals surface area (Å²) in [5.41, 5.74) is 0.841. The molecule has 2 rings (SSSR count). The van der Waals surface area contributed by atoms with Crippen LogP contribution in [0.3, 0.4) is 0 Å². The van der Waals surface area contributed by atoms with E-state index in [0.717, 1.165) is 0 Å². The van der Waals surface area contributed by atoms with Gasteiger partial charge in [-0.2, -0.15) is 0 Å². The lowest BCUT2D eigenvalue weighted by molar-refractivity contribution is 0.102. The van der Waals surface area contributed by atoms with Gasteiger partial charge in [0.15, 0.2) is 23.0 Å². The molecule has 1 amide bonds. The average Bonchev–Trinajstić information content (AvgIpc) is 2.72. The molecule has 0 radical (unpaired) electrons. The van der Waals surface area contributed by atoms with Crippen molar-refractivity contribution in [2.24, 2.45) is 0 Å². The third-order valence-corrected chi connectivity index (χ3v) is 3.92. The molecular weight excluding hydrogens is 366 g/mol. The lowest BCUT2D eigenvalue weighted by Gasteiger charge is -2.16. The Bertz CT molecular complexity index is 807. The van der Waals surface area contributed by atoms with Crippen molar-refractivity contribution in [3.8, 4) is 28.7 Å². The first-order valence-corrected chi connectivity index (χ1v) is 8.49. The van der Waals surface area contributed by atoms with Crippen molar-refractivity contribution in [3.63, 3.8) is 0 Å². The quantitative estimate of drug-likeness (QED) is 0.623. The molecule has 0 aliphatic heterocycles. The molecule has 2 aromatic rings. The Morgan fingerprint density at radius 3 is 2.07 bits per heavy atom. The van der Waals surface area contributed by atoms with Gasteiger partial charge in [-0.1, -0.05) is 0 Å². The molecule has 0 saturated heterocycles. The van der Waals surface area contributed by atoms with Crippen molar-refractivity contribution in [2.45, 2.75) is 0 Å². The zero-order valence-electron chi connectivity index (χ0n) is 16.7. The number of hydrogen-bond acceptors (Lipinski definition) is 7. The maximum Gasteiger partial charge on any atom is 0.259 e. The third-order valence-electron chi connectivity index (χ3n) is 3.92. The molecule has 0 fully saturated rings. The Morgan fingerprint density at radius 1 is 0.786 bits per heavy atom. The van der Waals surface area contributed by atoms with Crippen LogP contribution in [0.5, 0.6) is 28.7 Å². The second kappa shape index (κ2) is 10.3. The second-order valence-corrected chi connectivity index (χ2v) is 5.54. The fraction of sp³-hybridized carbons (Fsp3) is 0.350. The van der Waals surface area contributed by atoms with Crippen LogP contribution < -0.4 is 29.0 Å². The van der Waals surface area contributed by atoms with Gasteiger partial charge in [0, 0.05) is 18.9 Å². The number of ether oxygens (including phenoxy) is 6. The van der Waals surface area contributed by atoms with Crippen molar-refractivity contribution in [1.82, 2.24) is 0 Å². The van der Waals surface area contributed by atoms with Gasteiger partial charge in [0.05, 0.1) is 40.6 Å². The Kier molecular flexibility index (Phi) is 7.76. The molecule has 0 aromatic heterocycles. The van der Waals surface area contributed by atoms with Crippen LogP contribution in [0.4, 0.5) is 5.69 Å². The van der Waals surface area contributed by atoms with Gasteiger partial charge in [0.25, 0.3) is 5.91 Å². The summed E-state index contributed by atoms with van der Waals surface area (Å²) in [5.74, 6) is 1.77. The van der Waals surface area contributed by atoms with E-state index in [2.05, 4.69) is 5.32 Å². The second-order valence-electron chi connectivity index (χ2n) is 5.54. The van der Waals surface area contributed by atoms with Crippen molar-refractivity contribution < 1.29 is 33.2 Å². The molecule has 28 heavy (non-hydrogen) atoms. The normalized spacial score (nSPS) is 10.2. The number of carbonyl (C=O) groups excluding carboxylic acids is 1. The first-order valence-electron chi connectivity index (χ1n) is 8.49. The molecule has 1 N–H and O–H groups in total. The van der Waals surface area contributed by atoms with Gasteiger partial charge in [-0.15, -0.1) is 0 Å². The largest absolute Gasteiger partial charge is 0.493 e. The molecule has 0 aliphatic carbocycles. The van der Waals surface area contributed by atoms with Crippen molar-refractivity contribution >= 4 is 11.6 Å². The minimum Gasteiger partial charge on any atom is -0.493 e. The topological polar surface area (TPSA) is 84.5 Å². The van der Waals surface area contributed by atoms with E-state index in [0.29, 0.717) is 47.5 Å². The number of anilines is 1. The van der Waals surface area contributed by atoms with Crippen LogP contribution in [-0.4, -0.2) is 54.7 Å². The van der Waals surface area contributed by atoms with Gasteiger partial charge < -0.3 is 33.7 Å². The van der Waals surface area contributed by atoms with E-state index in [-0.39, 0.29) is 11.7 Å². The Hall–Kier alpha value is -3.13. The molecule has 0 unspecified atom stereocenters. The van der Waals surface area contributed by atoms with Crippen molar-refractivity contribution in [2.75, 3.05) is 54.1 Å². The van der Waals surface area contributed by atoms with Crippen LogP contribution in [0, 0.1) is 0 Å². The third kappa shape index (κ3) is 4.77. The summed E-state index contributed by atoms with van der Waals surface area (Å²) >= 11 is 0. The highest BCUT2D eigenvalue weighted by molar-refractivity contribution is 6.07. The van der Waals surface area contributed by atoms with E-state index >= 15 is 0 Å². The Balaban J connectivity index is 2.28. The van der Waals surface area contributed by atoms with Crippen LogP contribution in [0.1, 0.15) is 10.4 Å². The highest BCUT2D eigenvalue weighted by atomic mass is 16.5. The SMILES string of the molecule is COCCOc1cc(NC(=O)c2ccc(OC)c(OC)c2OC)ccc1OC. The molecule has 0 atom stereocenters. The monoisotopic (exact) mass is 391 g/mol. The van der Waals surface area contributed by atoms with E-state index < -0.39 is 0 Å². The van der Waals surface area contributed by atoms with Crippen LogP contribution in [0.15, 0.2) is 30.3 Å². The lowest BCUT2D eigenvalue weighted by Crippen LogP contribution is -2.14. The van der Waals surface area contributed by atoms with Gasteiger partial charge in [0.1, 0.15) is 6.61 Å². The highest BCUT2D eigenvalue weighted by Crippen LogP contribution is 2.40. The number of rotatable bonds is 10. The zero-order chi connectivity index (χ0) is 20.5. The summed E-state index contributed by atoms with van der Waals surface area (Å²) in [5, 5.41) is 2.82. The van der Waals surface area contributed by atoms with Crippen LogP contribution in [0.2, 0.25) is 0 Å². The van der Waals surface area contributed by atoms with E-state index in [1.165, 1.54) is 21.3 Å². The number of methoxy groups -OCH3 is 5. The maximum absolute atomic E-state index is 12.8. The van der Waals surface area contributed by atoms with Gasteiger partial charge in [-0.3, -0.25) is 4.79 Å². The van der Waals surface area contributed by atoms with E-state index in [1.54, 1.807) is 44.6 Å². The van der Waals surface area contributed by atoms with Gasteiger partial charge >= 0.3 is 0 Å². The molecule has 0 saturated carbocycles. The molecule has 0 aliphatic rings. The fourth-order valence-electron chi connectivity index (χ4n) is 2.58. The predicted molar refractivity (Wildman–Crippen MR) is 104 cm³/mol. The summed E-state index contributed by atoms with van der Waals surface area (Å²) in [4.78, 5) is 12.8. The summed E-state index contributed by atoms with van der Waals surface area (Å²) in [6, 6.07) is 8.36. The Labute approximate surface area is 164 Å². The van der Waals surface area contributed by atoms with Crippen molar-refractivity contribution in [1.29, 1.82) is 0 Å². The van der Waals surface area contributed by atoms with E-state index in [9.17, 15) is 4.79 Å². The van der Waals surface area contributed by atoms with Crippen LogP contribution in [0.25, 0.3) is 0 Å². The number of amides is 1. The molecule has 0 bridgehead atoms. The number of carbonyl (C=O) groups is 1. The highest BCUT2D eigenvalue weighted by Gasteiger charge is 2.21. The van der Waals surface area contributed by atoms with Crippen LogP contribution >= 0.6 is 0 Å². The molecule has 8 heteroatoms. The number of nitrogens with one attached hydrogen (secondary N) is 1. The molecule has 152 valence electrons. The fourth-order valence-corrected chi connectivity index (χ4v) is 2.58. The summed E-state index contributed by atoms with van der Waals surface area (Å²) in [6.07, 6.45) is 0. The predicted octanol–water partition coefficient (Wildman–Crippen LogP) is 3.00. The minimum atomic E-state index is -0.370. The van der Waals surface area contributed by atoms with Crippen LogP contribution in [-0.2, 0) is 4.74 Å². The maximum atomic E-state index is 12.8. The van der Waals surface area contributed by atoms with Crippen molar-refractivity contribution in [3.05, 3.63) is 35.9 Å². The molecule has 0 heterocycles. The molecule has 8 nitrogen and oxygen atoms in total. The molecular formula is C20H25NO7. The van der Waals surface area contributed by atoms with Gasteiger partial charge in [0.2, 0.25) is 5.75 Å². The van der Waals surface area contributed by atoms with Gasteiger partial charge in [-0.25, -0.2) is 0 Å². The molecule has 2 aromatic carbocycles. The standard InChI is InChI=1S/C20H25NO7/c1-23-10-11-28-17-12-13(6-8-15(17)24-2)21-20(22)14-7-9-16(25-3)19(27-5)18(14)26-4/h6-9,12H,10-11H2,1-5H3,(H,21,22). The van der Waals surface area contributed by atoms with Gasteiger partial charge in [-0.05, 0) is 24.3 Å².